The molecule has 2 aliphatic heterocycles. The first-order valence-electron chi connectivity index (χ1n) is 6.38. The second-order valence-electron chi connectivity index (χ2n) is 4.81. The number of likely N-dealkylation sites (tertiary alicyclic amines) is 1. The minimum absolute atomic E-state index is 0.0489. The van der Waals surface area contributed by atoms with Crippen molar-refractivity contribution >= 4 is 11.8 Å². The number of nitrogens with zero attached hydrogens (tertiary/aromatic N) is 1. The highest BCUT2D eigenvalue weighted by molar-refractivity contribution is 5.85. The number of hydrogen-bond acceptors (Lipinski definition) is 3. The predicted molar refractivity (Wildman–Crippen MR) is 62.4 cm³/mol. The highest BCUT2D eigenvalue weighted by atomic mass is 16.5. The fraction of sp³-hybridized carbons (Fsp3) is 0.833. The van der Waals surface area contributed by atoms with Crippen molar-refractivity contribution in [2.24, 2.45) is 5.92 Å². The molecule has 2 saturated heterocycles. The Labute approximate surface area is 101 Å². The van der Waals surface area contributed by atoms with Gasteiger partial charge < -0.3 is 15.0 Å². The summed E-state index contributed by atoms with van der Waals surface area (Å²) < 4.78 is 5.24. The topological polar surface area (TPSA) is 58.6 Å². The Morgan fingerprint density at radius 1 is 1.47 bits per heavy atom. The molecule has 96 valence electrons. The Bertz CT molecular complexity index is 287. The third kappa shape index (κ3) is 3.70. The van der Waals surface area contributed by atoms with Crippen LogP contribution in [0.25, 0.3) is 0 Å². The van der Waals surface area contributed by atoms with Gasteiger partial charge in [0.1, 0.15) is 0 Å². The third-order valence-corrected chi connectivity index (χ3v) is 3.37. The van der Waals surface area contributed by atoms with Crippen LogP contribution in [0.5, 0.6) is 0 Å². The van der Waals surface area contributed by atoms with Gasteiger partial charge in [0, 0.05) is 32.0 Å². The van der Waals surface area contributed by atoms with E-state index in [2.05, 4.69) is 5.32 Å². The van der Waals surface area contributed by atoms with E-state index < -0.39 is 0 Å². The number of hydrogen-bond donors (Lipinski definition) is 1. The molecule has 17 heavy (non-hydrogen) atoms. The molecule has 0 aromatic rings. The lowest BCUT2D eigenvalue weighted by Crippen LogP contribution is -2.43. The summed E-state index contributed by atoms with van der Waals surface area (Å²) in [5, 5.41) is 2.88. The molecule has 0 unspecified atom stereocenters. The normalized spacial score (nSPS) is 25.1. The van der Waals surface area contributed by atoms with Crippen molar-refractivity contribution in [2.75, 3.05) is 32.8 Å². The molecule has 1 N–H and O–H groups in total. The summed E-state index contributed by atoms with van der Waals surface area (Å²) in [7, 11) is 0. The summed E-state index contributed by atoms with van der Waals surface area (Å²) in [5.74, 6) is 0.499. The van der Waals surface area contributed by atoms with Gasteiger partial charge in [0.15, 0.2) is 0 Å². The third-order valence-electron chi connectivity index (χ3n) is 3.37. The average molecular weight is 240 g/mol. The highest BCUT2D eigenvalue weighted by Crippen LogP contribution is 2.11. The Morgan fingerprint density at radius 2 is 2.35 bits per heavy atom. The molecule has 5 heteroatoms. The number of rotatable bonds is 4. The Morgan fingerprint density at radius 3 is 3.06 bits per heavy atom. The number of piperidine rings is 1. The standard InChI is InChI=1S/C12H20N2O3/c15-11(13-7-10-4-6-17-9-10)8-14-5-2-1-3-12(14)16/h10H,1-9H2,(H,13,15)/t10-/m1/s1. The molecule has 2 heterocycles. The van der Waals surface area contributed by atoms with Gasteiger partial charge in [0.05, 0.1) is 13.2 Å². The maximum absolute atomic E-state index is 11.7. The molecule has 2 aliphatic rings. The Hall–Kier alpha value is -1.10. The summed E-state index contributed by atoms with van der Waals surface area (Å²) in [5.41, 5.74) is 0. The first kappa shape index (κ1) is 12.4. The Kier molecular flexibility index (Phi) is 4.36. The monoisotopic (exact) mass is 240 g/mol. The molecular formula is C12H20N2O3. The summed E-state index contributed by atoms with van der Waals surface area (Å²) in [4.78, 5) is 24.8. The number of carbonyl (C=O) groups excluding carboxylic acids is 2. The minimum Gasteiger partial charge on any atom is -0.381 e. The van der Waals surface area contributed by atoms with Gasteiger partial charge in [-0.25, -0.2) is 0 Å². The zero-order valence-electron chi connectivity index (χ0n) is 10.1. The second kappa shape index (κ2) is 6.00. The molecule has 5 nitrogen and oxygen atoms in total. The van der Waals surface area contributed by atoms with Gasteiger partial charge in [0.2, 0.25) is 11.8 Å². The van der Waals surface area contributed by atoms with E-state index in [1.165, 1.54) is 0 Å². The molecule has 0 aromatic carbocycles. The van der Waals surface area contributed by atoms with Gasteiger partial charge in [-0.3, -0.25) is 9.59 Å². The molecule has 0 aromatic heterocycles. The first-order valence-corrected chi connectivity index (χ1v) is 6.38. The maximum Gasteiger partial charge on any atom is 0.239 e. The first-order chi connectivity index (χ1) is 8.25. The molecule has 0 saturated carbocycles. The van der Waals surface area contributed by atoms with Crippen molar-refractivity contribution < 1.29 is 14.3 Å². The van der Waals surface area contributed by atoms with Crippen LogP contribution >= 0.6 is 0 Å². The molecule has 0 radical (unpaired) electrons. The molecule has 2 amide bonds. The minimum atomic E-state index is -0.0489. The summed E-state index contributed by atoms with van der Waals surface area (Å²) >= 11 is 0. The van der Waals surface area contributed by atoms with Crippen LogP contribution in [-0.2, 0) is 14.3 Å². The Balaban J connectivity index is 1.67. The molecular weight excluding hydrogens is 220 g/mol. The van der Waals surface area contributed by atoms with E-state index >= 15 is 0 Å². The van der Waals surface area contributed by atoms with Gasteiger partial charge in [-0.2, -0.15) is 0 Å². The SMILES string of the molecule is O=C(CN1CCCCC1=O)NC[C@H]1CCOC1. The van der Waals surface area contributed by atoms with E-state index in [1.807, 2.05) is 0 Å². The number of amides is 2. The second-order valence-corrected chi connectivity index (χ2v) is 4.81. The smallest absolute Gasteiger partial charge is 0.239 e. The van der Waals surface area contributed by atoms with Crippen LogP contribution in [0.15, 0.2) is 0 Å². The molecule has 0 bridgehead atoms. The van der Waals surface area contributed by atoms with Gasteiger partial charge in [-0.1, -0.05) is 0 Å². The maximum atomic E-state index is 11.7. The van der Waals surface area contributed by atoms with Crippen molar-refractivity contribution in [3.05, 3.63) is 0 Å². The molecule has 2 rings (SSSR count). The van der Waals surface area contributed by atoms with Crippen molar-refractivity contribution in [3.63, 3.8) is 0 Å². The lowest BCUT2D eigenvalue weighted by Gasteiger charge is -2.26. The van der Waals surface area contributed by atoms with E-state index in [0.29, 0.717) is 18.9 Å². The largest absolute Gasteiger partial charge is 0.381 e. The van der Waals surface area contributed by atoms with E-state index in [1.54, 1.807) is 4.90 Å². The van der Waals surface area contributed by atoms with Crippen LogP contribution in [0.2, 0.25) is 0 Å². The zero-order valence-corrected chi connectivity index (χ0v) is 10.1. The number of nitrogens with one attached hydrogen (secondary N) is 1. The highest BCUT2D eigenvalue weighted by Gasteiger charge is 2.21. The van der Waals surface area contributed by atoms with Crippen LogP contribution in [-0.4, -0.2) is 49.6 Å². The number of ether oxygens (including phenoxy) is 1. The van der Waals surface area contributed by atoms with Crippen molar-refractivity contribution in [1.29, 1.82) is 0 Å². The molecule has 0 aliphatic carbocycles. The van der Waals surface area contributed by atoms with E-state index in [0.717, 1.165) is 39.0 Å². The average Bonchev–Trinajstić information content (AvgIpc) is 2.82. The molecule has 1 atom stereocenters. The quantitative estimate of drug-likeness (QED) is 0.761. The molecule has 2 fully saturated rings. The van der Waals surface area contributed by atoms with E-state index in [9.17, 15) is 9.59 Å². The zero-order chi connectivity index (χ0) is 12.1. The van der Waals surface area contributed by atoms with Crippen LogP contribution in [0.4, 0.5) is 0 Å². The van der Waals surface area contributed by atoms with Gasteiger partial charge >= 0.3 is 0 Å². The van der Waals surface area contributed by atoms with E-state index in [-0.39, 0.29) is 18.4 Å². The lowest BCUT2D eigenvalue weighted by molar-refractivity contribution is -0.137. The fourth-order valence-electron chi connectivity index (χ4n) is 2.26. The van der Waals surface area contributed by atoms with Crippen LogP contribution in [0.1, 0.15) is 25.7 Å². The fourth-order valence-corrected chi connectivity index (χ4v) is 2.26. The van der Waals surface area contributed by atoms with E-state index in [4.69, 9.17) is 4.74 Å². The van der Waals surface area contributed by atoms with Gasteiger partial charge in [-0.05, 0) is 19.3 Å². The lowest BCUT2D eigenvalue weighted by atomic mass is 10.1. The summed E-state index contributed by atoms with van der Waals surface area (Å²) in [6.07, 6.45) is 3.57. The number of carbonyl (C=O) groups is 2. The van der Waals surface area contributed by atoms with Gasteiger partial charge in [0.25, 0.3) is 0 Å². The van der Waals surface area contributed by atoms with Crippen molar-refractivity contribution in [3.8, 4) is 0 Å². The predicted octanol–water partition coefficient (Wildman–Crippen LogP) is 0.152. The van der Waals surface area contributed by atoms with Crippen LogP contribution in [0, 0.1) is 5.92 Å². The summed E-state index contributed by atoms with van der Waals surface area (Å²) in [6, 6.07) is 0. The van der Waals surface area contributed by atoms with Crippen LogP contribution < -0.4 is 5.32 Å². The van der Waals surface area contributed by atoms with Crippen molar-refractivity contribution in [1.82, 2.24) is 10.2 Å². The van der Waals surface area contributed by atoms with Crippen molar-refractivity contribution in [2.45, 2.75) is 25.7 Å². The molecule has 0 spiro atoms. The van der Waals surface area contributed by atoms with Crippen LogP contribution in [0.3, 0.4) is 0 Å². The summed E-state index contributed by atoms with van der Waals surface area (Å²) in [6.45, 7) is 3.14. The van der Waals surface area contributed by atoms with Gasteiger partial charge in [-0.15, -0.1) is 0 Å².